The number of oxime groups is 1. The Labute approximate surface area is 75.9 Å². The smallest absolute Gasteiger partial charge is 0.170 e. The van der Waals surface area contributed by atoms with Gasteiger partial charge in [-0.1, -0.05) is 5.16 Å². The zero-order valence-corrected chi connectivity index (χ0v) is 7.23. The van der Waals surface area contributed by atoms with Crippen LogP contribution in [0.5, 0.6) is 5.75 Å². The molecule has 0 radical (unpaired) electrons. The van der Waals surface area contributed by atoms with Crippen molar-refractivity contribution in [2.45, 2.75) is 0 Å². The Bertz CT molecular complexity index is 295. The largest absolute Gasteiger partial charge is 0.412 e. The van der Waals surface area contributed by atoms with E-state index in [1.807, 2.05) is 0 Å². The lowest BCUT2D eigenvalue weighted by Crippen LogP contribution is -2.13. The van der Waals surface area contributed by atoms with Gasteiger partial charge in [-0.3, -0.25) is 0 Å². The predicted octanol–water partition coefficient (Wildman–Crippen LogP) is 0.206. The minimum Gasteiger partial charge on any atom is -0.412 e. The molecule has 4 N–H and O–H groups in total. The lowest BCUT2D eigenvalue weighted by Gasteiger charge is -2.01. The highest BCUT2D eigenvalue weighted by molar-refractivity contribution is 5.97. The predicted molar refractivity (Wildman–Crippen MR) is 49.0 cm³/mol. The van der Waals surface area contributed by atoms with Gasteiger partial charge in [0.05, 0.1) is 0 Å². The molecule has 1 aromatic carbocycles. The first kappa shape index (κ1) is 9.34. The Balaban J connectivity index is 2.85. The first-order valence-corrected chi connectivity index (χ1v) is 3.61. The standard InChI is InChI=1S/C8H11N3O2/c1-12-11-8(9)6-2-4-7(13-10)5-3-6/h2-5H,10H2,1H3,(H2,9,11). The summed E-state index contributed by atoms with van der Waals surface area (Å²) in [5.41, 5.74) is 6.30. The molecule has 0 aromatic heterocycles. The zero-order chi connectivity index (χ0) is 9.68. The first-order chi connectivity index (χ1) is 6.27. The molecule has 5 heteroatoms. The normalized spacial score (nSPS) is 11.1. The molecule has 0 saturated carbocycles. The van der Waals surface area contributed by atoms with Crippen molar-refractivity contribution in [3.63, 3.8) is 0 Å². The van der Waals surface area contributed by atoms with E-state index in [4.69, 9.17) is 11.6 Å². The fourth-order valence-corrected chi connectivity index (χ4v) is 0.855. The summed E-state index contributed by atoms with van der Waals surface area (Å²) < 4.78 is 0. The number of nitrogens with two attached hydrogens (primary N) is 2. The Kier molecular flexibility index (Phi) is 3.10. The lowest BCUT2D eigenvalue weighted by atomic mass is 10.2. The molecule has 0 spiro atoms. The van der Waals surface area contributed by atoms with Gasteiger partial charge in [-0.15, -0.1) is 0 Å². The van der Waals surface area contributed by atoms with Crippen molar-refractivity contribution in [1.29, 1.82) is 0 Å². The van der Waals surface area contributed by atoms with E-state index in [0.717, 1.165) is 5.56 Å². The number of rotatable bonds is 3. The number of benzene rings is 1. The monoisotopic (exact) mass is 181 g/mol. The molecule has 5 nitrogen and oxygen atoms in total. The maximum absolute atomic E-state index is 5.55. The highest BCUT2D eigenvalue weighted by atomic mass is 16.6. The van der Waals surface area contributed by atoms with Gasteiger partial charge in [-0.05, 0) is 24.3 Å². The topological polar surface area (TPSA) is 82.9 Å². The molecular formula is C8H11N3O2. The van der Waals surface area contributed by atoms with Gasteiger partial charge in [0.15, 0.2) is 5.84 Å². The molecule has 0 amide bonds. The minimum atomic E-state index is 0.311. The highest BCUT2D eigenvalue weighted by Gasteiger charge is 1.98. The highest BCUT2D eigenvalue weighted by Crippen LogP contribution is 2.10. The molecular weight excluding hydrogens is 170 g/mol. The van der Waals surface area contributed by atoms with Gasteiger partial charge in [-0.2, -0.15) is 5.90 Å². The molecule has 0 heterocycles. The van der Waals surface area contributed by atoms with Crippen LogP contribution in [-0.2, 0) is 4.84 Å². The second kappa shape index (κ2) is 4.32. The summed E-state index contributed by atoms with van der Waals surface area (Å²) in [6.07, 6.45) is 0. The summed E-state index contributed by atoms with van der Waals surface area (Å²) in [6.45, 7) is 0. The van der Waals surface area contributed by atoms with Gasteiger partial charge in [0.2, 0.25) is 0 Å². The Hall–Kier alpha value is -1.75. The summed E-state index contributed by atoms with van der Waals surface area (Å²) in [5.74, 6) is 5.82. The van der Waals surface area contributed by atoms with Crippen LogP contribution in [0, 0.1) is 0 Å². The molecule has 13 heavy (non-hydrogen) atoms. The molecule has 0 bridgehead atoms. The van der Waals surface area contributed by atoms with Gasteiger partial charge in [-0.25, -0.2) is 0 Å². The van der Waals surface area contributed by atoms with E-state index >= 15 is 0 Å². The molecule has 0 aliphatic heterocycles. The molecule has 70 valence electrons. The van der Waals surface area contributed by atoms with Gasteiger partial charge in [0.1, 0.15) is 12.9 Å². The molecule has 0 fully saturated rings. The molecule has 0 atom stereocenters. The van der Waals surface area contributed by atoms with Crippen LogP contribution in [0.1, 0.15) is 5.56 Å². The van der Waals surface area contributed by atoms with E-state index in [0.29, 0.717) is 11.6 Å². The van der Waals surface area contributed by atoms with Crippen LogP contribution in [-0.4, -0.2) is 12.9 Å². The molecule has 1 rings (SSSR count). The van der Waals surface area contributed by atoms with Crippen LogP contribution in [0.3, 0.4) is 0 Å². The summed E-state index contributed by atoms with van der Waals surface area (Å²) in [4.78, 5) is 9.02. The lowest BCUT2D eigenvalue weighted by molar-refractivity contribution is 0.213. The summed E-state index contributed by atoms with van der Waals surface area (Å²) >= 11 is 0. The summed E-state index contributed by atoms with van der Waals surface area (Å²) in [5, 5.41) is 3.57. The van der Waals surface area contributed by atoms with Crippen molar-refractivity contribution < 1.29 is 9.68 Å². The van der Waals surface area contributed by atoms with Crippen molar-refractivity contribution in [2.75, 3.05) is 7.11 Å². The number of nitrogens with zero attached hydrogens (tertiary/aromatic N) is 1. The molecule has 0 saturated heterocycles. The van der Waals surface area contributed by atoms with E-state index in [1.54, 1.807) is 24.3 Å². The van der Waals surface area contributed by atoms with Gasteiger partial charge in [0, 0.05) is 5.56 Å². The molecule has 1 aromatic rings. The summed E-state index contributed by atoms with van der Waals surface area (Å²) in [7, 11) is 1.43. The van der Waals surface area contributed by atoms with E-state index in [1.165, 1.54) is 7.11 Å². The van der Waals surface area contributed by atoms with Gasteiger partial charge < -0.3 is 15.4 Å². The Morgan fingerprint density at radius 2 is 1.92 bits per heavy atom. The number of amidine groups is 1. The van der Waals surface area contributed by atoms with Crippen molar-refractivity contribution in [2.24, 2.45) is 16.8 Å². The van der Waals surface area contributed by atoms with Gasteiger partial charge >= 0.3 is 0 Å². The number of hydrogen-bond donors (Lipinski definition) is 2. The zero-order valence-electron chi connectivity index (χ0n) is 7.23. The summed E-state index contributed by atoms with van der Waals surface area (Å²) in [6, 6.07) is 6.85. The molecule has 0 unspecified atom stereocenters. The Morgan fingerprint density at radius 3 is 2.38 bits per heavy atom. The van der Waals surface area contributed by atoms with Gasteiger partial charge in [0.25, 0.3) is 0 Å². The van der Waals surface area contributed by atoms with E-state index in [2.05, 4.69) is 14.8 Å². The quantitative estimate of drug-likeness (QED) is 0.396. The second-order valence-corrected chi connectivity index (χ2v) is 2.30. The van der Waals surface area contributed by atoms with Crippen LogP contribution in [0.15, 0.2) is 29.4 Å². The second-order valence-electron chi connectivity index (χ2n) is 2.30. The van der Waals surface area contributed by atoms with E-state index in [-0.39, 0.29) is 0 Å². The third-order valence-electron chi connectivity index (χ3n) is 1.48. The maximum Gasteiger partial charge on any atom is 0.170 e. The van der Waals surface area contributed by atoms with Crippen LogP contribution >= 0.6 is 0 Å². The van der Waals surface area contributed by atoms with Crippen molar-refractivity contribution in [3.8, 4) is 5.75 Å². The van der Waals surface area contributed by atoms with Crippen LogP contribution in [0.4, 0.5) is 0 Å². The fourth-order valence-electron chi connectivity index (χ4n) is 0.855. The minimum absolute atomic E-state index is 0.311. The van der Waals surface area contributed by atoms with E-state index in [9.17, 15) is 0 Å². The van der Waals surface area contributed by atoms with Crippen LogP contribution in [0.25, 0.3) is 0 Å². The fraction of sp³-hybridized carbons (Fsp3) is 0.125. The molecule has 0 aliphatic rings. The van der Waals surface area contributed by atoms with Crippen molar-refractivity contribution in [3.05, 3.63) is 29.8 Å². The van der Waals surface area contributed by atoms with Crippen LogP contribution in [0.2, 0.25) is 0 Å². The third kappa shape index (κ3) is 2.34. The SMILES string of the molecule is CO/N=C(\N)c1ccc(ON)cc1. The average Bonchev–Trinajstić information content (AvgIpc) is 2.18. The maximum atomic E-state index is 5.55. The molecule has 0 aliphatic carbocycles. The van der Waals surface area contributed by atoms with Crippen molar-refractivity contribution >= 4 is 5.84 Å². The Morgan fingerprint density at radius 1 is 1.31 bits per heavy atom. The van der Waals surface area contributed by atoms with Crippen LogP contribution < -0.4 is 16.5 Å². The van der Waals surface area contributed by atoms with Crippen molar-refractivity contribution in [1.82, 2.24) is 0 Å². The van der Waals surface area contributed by atoms with E-state index < -0.39 is 0 Å². The third-order valence-corrected chi connectivity index (χ3v) is 1.48. The number of hydrogen-bond acceptors (Lipinski definition) is 4. The first-order valence-electron chi connectivity index (χ1n) is 3.61. The average molecular weight is 181 g/mol.